The number of nitrogens with zero attached hydrogens (tertiary/aromatic N) is 2. The second-order valence-corrected chi connectivity index (χ2v) is 8.83. The molecule has 0 radical (unpaired) electrons. The Morgan fingerprint density at radius 1 is 1.26 bits per heavy atom. The number of halogens is 1. The number of aryl methyl sites for hydroxylation is 1. The first-order valence-electron chi connectivity index (χ1n) is 10.1. The molecular weight excluding hydrogens is 525 g/mol. The predicted molar refractivity (Wildman–Crippen MR) is 136 cm³/mol. The lowest BCUT2D eigenvalue weighted by Gasteiger charge is -2.26. The molecule has 7 nitrogen and oxygen atoms in total. The minimum atomic E-state index is -0.113. The van der Waals surface area contributed by atoms with E-state index in [4.69, 9.17) is 0 Å². The molecule has 1 aromatic heterocycles. The average molecular weight is 555 g/mol. The van der Waals surface area contributed by atoms with Crippen LogP contribution in [0.4, 0.5) is 0 Å². The van der Waals surface area contributed by atoms with E-state index in [1.165, 1.54) is 9.75 Å². The molecule has 1 saturated heterocycles. The van der Waals surface area contributed by atoms with Crippen molar-refractivity contribution in [2.45, 2.75) is 32.9 Å². The molecule has 1 fully saturated rings. The molecule has 2 amide bonds. The molecule has 2 heterocycles. The third-order valence-corrected chi connectivity index (χ3v) is 5.92. The SMILES string of the molecule is CN=C(NCc1ccc(C(=O)N2CCNC(=O)C2)cc1)NC(C)Cc1ccc(C)s1.I. The highest BCUT2D eigenvalue weighted by atomic mass is 127. The van der Waals surface area contributed by atoms with Crippen LogP contribution in [0.25, 0.3) is 0 Å². The van der Waals surface area contributed by atoms with Crippen LogP contribution in [0, 0.1) is 6.92 Å². The number of amides is 2. The summed E-state index contributed by atoms with van der Waals surface area (Å²) in [5, 5.41) is 9.47. The van der Waals surface area contributed by atoms with Gasteiger partial charge in [-0.25, -0.2) is 0 Å². The summed E-state index contributed by atoms with van der Waals surface area (Å²) in [4.78, 5) is 32.6. The number of thiophene rings is 1. The molecular formula is C22H30IN5O2S. The van der Waals surface area contributed by atoms with Crippen molar-refractivity contribution in [1.29, 1.82) is 0 Å². The van der Waals surface area contributed by atoms with Gasteiger partial charge in [0, 0.05) is 54.5 Å². The van der Waals surface area contributed by atoms with E-state index < -0.39 is 0 Å². The molecule has 3 N–H and O–H groups in total. The Morgan fingerprint density at radius 2 is 2.00 bits per heavy atom. The number of nitrogens with one attached hydrogen (secondary N) is 3. The number of rotatable bonds is 6. The summed E-state index contributed by atoms with van der Waals surface area (Å²) in [5.74, 6) is 0.521. The first-order chi connectivity index (χ1) is 14.4. The van der Waals surface area contributed by atoms with Crippen molar-refractivity contribution < 1.29 is 9.59 Å². The van der Waals surface area contributed by atoms with Gasteiger partial charge < -0.3 is 20.9 Å². The molecule has 1 aromatic carbocycles. The first kappa shape index (κ1) is 25.1. The van der Waals surface area contributed by atoms with Gasteiger partial charge in [0.05, 0.1) is 6.54 Å². The monoisotopic (exact) mass is 555 g/mol. The third-order valence-electron chi connectivity index (χ3n) is 4.90. The topological polar surface area (TPSA) is 85.8 Å². The number of benzene rings is 1. The fourth-order valence-corrected chi connectivity index (χ4v) is 4.34. The fraction of sp³-hybridized carbons (Fsp3) is 0.409. The minimum absolute atomic E-state index is 0. The molecule has 2 aromatic rings. The molecule has 1 unspecified atom stereocenters. The van der Waals surface area contributed by atoms with Gasteiger partial charge in [0.1, 0.15) is 0 Å². The fourth-order valence-electron chi connectivity index (χ4n) is 3.32. The number of aliphatic imine (C=N–C) groups is 1. The Bertz CT molecular complexity index is 913. The summed E-state index contributed by atoms with van der Waals surface area (Å²) in [6.07, 6.45) is 0.949. The van der Waals surface area contributed by atoms with Gasteiger partial charge in [-0.05, 0) is 43.7 Å². The molecule has 31 heavy (non-hydrogen) atoms. The number of carbonyl (C=O) groups is 2. The predicted octanol–water partition coefficient (Wildman–Crippen LogP) is 2.54. The van der Waals surface area contributed by atoms with E-state index in [0.717, 1.165) is 17.9 Å². The normalized spacial score (nSPS) is 15.0. The number of guanidine groups is 1. The number of carbonyl (C=O) groups excluding carboxylic acids is 2. The van der Waals surface area contributed by atoms with Gasteiger partial charge in [0.25, 0.3) is 5.91 Å². The molecule has 9 heteroatoms. The van der Waals surface area contributed by atoms with Crippen molar-refractivity contribution in [3.05, 3.63) is 57.3 Å². The van der Waals surface area contributed by atoms with Crippen LogP contribution < -0.4 is 16.0 Å². The van der Waals surface area contributed by atoms with Crippen molar-refractivity contribution in [2.24, 2.45) is 4.99 Å². The highest BCUT2D eigenvalue weighted by Crippen LogP contribution is 2.16. The second-order valence-electron chi connectivity index (χ2n) is 7.46. The molecule has 1 aliphatic heterocycles. The maximum Gasteiger partial charge on any atom is 0.254 e. The third kappa shape index (κ3) is 7.49. The van der Waals surface area contributed by atoms with Gasteiger partial charge in [-0.2, -0.15) is 0 Å². The first-order valence-corrected chi connectivity index (χ1v) is 10.9. The van der Waals surface area contributed by atoms with E-state index in [1.807, 2.05) is 35.6 Å². The zero-order chi connectivity index (χ0) is 21.5. The van der Waals surface area contributed by atoms with Crippen molar-refractivity contribution in [3.8, 4) is 0 Å². The molecule has 0 aliphatic carbocycles. The van der Waals surface area contributed by atoms with Gasteiger partial charge in [-0.1, -0.05) is 12.1 Å². The van der Waals surface area contributed by atoms with E-state index in [2.05, 4.69) is 46.9 Å². The van der Waals surface area contributed by atoms with Crippen molar-refractivity contribution in [2.75, 3.05) is 26.7 Å². The minimum Gasteiger partial charge on any atom is -0.354 e. The van der Waals surface area contributed by atoms with Crippen LogP contribution >= 0.6 is 35.3 Å². The van der Waals surface area contributed by atoms with E-state index in [1.54, 1.807) is 11.9 Å². The lowest BCUT2D eigenvalue weighted by molar-refractivity contribution is -0.123. The molecule has 0 bridgehead atoms. The smallest absolute Gasteiger partial charge is 0.254 e. The van der Waals surface area contributed by atoms with Gasteiger partial charge >= 0.3 is 0 Å². The summed E-state index contributed by atoms with van der Waals surface area (Å²) in [6.45, 7) is 6.03. The van der Waals surface area contributed by atoms with Crippen LogP contribution in [0.5, 0.6) is 0 Å². The Morgan fingerprint density at radius 3 is 2.61 bits per heavy atom. The molecule has 168 valence electrons. The molecule has 0 saturated carbocycles. The van der Waals surface area contributed by atoms with Gasteiger partial charge in [-0.15, -0.1) is 35.3 Å². The van der Waals surface area contributed by atoms with Crippen LogP contribution in [0.3, 0.4) is 0 Å². The number of hydrogen-bond donors (Lipinski definition) is 3. The van der Waals surface area contributed by atoms with Crippen LogP contribution in [-0.4, -0.2) is 55.4 Å². The highest BCUT2D eigenvalue weighted by molar-refractivity contribution is 14.0. The molecule has 1 aliphatic rings. The largest absolute Gasteiger partial charge is 0.354 e. The van der Waals surface area contributed by atoms with Crippen LogP contribution in [0.15, 0.2) is 41.4 Å². The Balaban J connectivity index is 0.00000341. The summed E-state index contributed by atoms with van der Waals surface area (Å²) in [6, 6.07) is 12.1. The number of hydrogen-bond acceptors (Lipinski definition) is 4. The van der Waals surface area contributed by atoms with Gasteiger partial charge in [-0.3, -0.25) is 14.6 Å². The van der Waals surface area contributed by atoms with Gasteiger partial charge in [0.15, 0.2) is 5.96 Å². The zero-order valence-electron chi connectivity index (χ0n) is 18.1. The van der Waals surface area contributed by atoms with Crippen LogP contribution in [0.2, 0.25) is 0 Å². The maximum absolute atomic E-state index is 12.5. The van der Waals surface area contributed by atoms with Crippen molar-refractivity contribution in [3.63, 3.8) is 0 Å². The quantitative estimate of drug-likeness (QED) is 0.291. The standard InChI is InChI=1S/C22H29N5O2S.HI/c1-15(12-19-9-4-16(2)30-19)26-22(23-3)25-13-17-5-7-18(8-6-17)21(29)27-11-10-24-20(28)14-27;/h4-9,15H,10-14H2,1-3H3,(H,24,28)(H2,23,25,26);1H. The van der Waals surface area contributed by atoms with E-state index in [-0.39, 0.29) is 48.4 Å². The lowest BCUT2D eigenvalue weighted by atomic mass is 10.1. The highest BCUT2D eigenvalue weighted by Gasteiger charge is 2.22. The Hall–Kier alpha value is -2.14. The van der Waals surface area contributed by atoms with E-state index in [9.17, 15) is 9.59 Å². The average Bonchev–Trinajstić information content (AvgIpc) is 3.15. The Kier molecular flexibility index (Phi) is 9.76. The molecule has 1 atom stereocenters. The second kappa shape index (κ2) is 12.0. The summed E-state index contributed by atoms with van der Waals surface area (Å²) >= 11 is 1.82. The van der Waals surface area contributed by atoms with Crippen LogP contribution in [0.1, 0.15) is 32.6 Å². The van der Waals surface area contributed by atoms with Crippen molar-refractivity contribution >= 4 is 53.1 Å². The summed E-state index contributed by atoms with van der Waals surface area (Å²) in [7, 11) is 1.76. The molecule has 0 spiro atoms. The lowest BCUT2D eigenvalue weighted by Crippen LogP contribution is -2.49. The van der Waals surface area contributed by atoms with E-state index in [0.29, 0.717) is 25.2 Å². The summed E-state index contributed by atoms with van der Waals surface area (Å²) in [5.41, 5.74) is 1.64. The van der Waals surface area contributed by atoms with E-state index >= 15 is 0 Å². The molecule has 3 rings (SSSR count). The Labute approximate surface area is 204 Å². The number of piperazine rings is 1. The van der Waals surface area contributed by atoms with Crippen molar-refractivity contribution in [1.82, 2.24) is 20.9 Å². The van der Waals surface area contributed by atoms with Crippen LogP contribution in [-0.2, 0) is 17.8 Å². The maximum atomic E-state index is 12.5. The van der Waals surface area contributed by atoms with Gasteiger partial charge in [0.2, 0.25) is 5.91 Å². The summed E-state index contributed by atoms with van der Waals surface area (Å²) < 4.78 is 0. The zero-order valence-corrected chi connectivity index (χ0v) is 21.3.